The largest absolute Gasteiger partial charge is 0.424 e. The molecule has 11 nitrogen and oxygen atoms in total. The molecular formula is C25H25N9O2. The summed E-state index contributed by atoms with van der Waals surface area (Å²) in [6.45, 7) is 1.08. The minimum atomic E-state index is -0.0456. The molecule has 1 aromatic carbocycles. The number of nitrogens with one attached hydrogen (secondary N) is 2. The van der Waals surface area contributed by atoms with Gasteiger partial charge in [0, 0.05) is 43.2 Å². The molecule has 0 unspecified atom stereocenters. The van der Waals surface area contributed by atoms with Gasteiger partial charge in [0.15, 0.2) is 0 Å². The highest BCUT2D eigenvalue weighted by molar-refractivity contribution is 5.78. The number of hydrogen-bond donors (Lipinski definition) is 2. The van der Waals surface area contributed by atoms with Crippen LogP contribution in [-0.2, 0) is 49.9 Å². The van der Waals surface area contributed by atoms with Gasteiger partial charge in [-0.1, -0.05) is 29.5 Å². The zero-order valence-corrected chi connectivity index (χ0v) is 19.6. The first-order valence-electron chi connectivity index (χ1n) is 12.3. The molecule has 2 aliphatic carbocycles. The van der Waals surface area contributed by atoms with E-state index in [1.807, 2.05) is 6.20 Å². The monoisotopic (exact) mass is 483 g/mol. The molecule has 0 radical (unpaired) electrons. The Labute approximate surface area is 206 Å². The molecule has 3 aromatic heterocycles. The lowest BCUT2D eigenvalue weighted by molar-refractivity contribution is -0.131. The van der Waals surface area contributed by atoms with Crippen molar-refractivity contribution in [2.24, 2.45) is 0 Å². The van der Waals surface area contributed by atoms with E-state index in [-0.39, 0.29) is 18.2 Å². The number of rotatable bonds is 5. The Balaban J connectivity index is 0.976. The molecule has 2 N–H and O–H groups in total. The number of carbonyl (C=O) groups is 1. The molecule has 4 aromatic rings. The van der Waals surface area contributed by atoms with Gasteiger partial charge in [0.05, 0.1) is 17.9 Å². The minimum absolute atomic E-state index is 0.0456. The van der Waals surface area contributed by atoms with Gasteiger partial charge < -0.3 is 14.6 Å². The summed E-state index contributed by atoms with van der Waals surface area (Å²) in [5.74, 6) is 1.56. The summed E-state index contributed by atoms with van der Waals surface area (Å²) in [5.41, 5.74) is 6.72. The maximum Gasteiger partial charge on any atom is 0.232 e. The fourth-order valence-corrected chi connectivity index (χ4v) is 5.51. The van der Waals surface area contributed by atoms with Crippen molar-refractivity contribution in [3.8, 4) is 0 Å². The Kier molecular flexibility index (Phi) is 5.00. The second-order valence-corrected chi connectivity index (χ2v) is 9.80. The molecular weight excluding hydrogens is 458 g/mol. The van der Waals surface area contributed by atoms with Crippen LogP contribution in [0.15, 0.2) is 34.9 Å². The summed E-state index contributed by atoms with van der Waals surface area (Å²) in [6.07, 6.45) is 6.12. The molecule has 1 amide bonds. The Hall–Kier alpha value is -4.15. The molecule has 7 rings (SSSR count). The number of nitrogens with zero attached hydrogens (tertiary/aromatic N) is 7. The fourth-order valence-electron chi connectivity index (χ4n) is 5.51. The molecule has 4 heterocycles. The van der Waals surface area contributed by atoms with E-state index in [0.29, 0.717) is 49.7 Å². The van der Waals surface area contributed by atoms with Crippen LogP contribution in [0.4, 0.5) is 5.95 Å². The third-order valence-electron chi connectivity index (χ3n) is 7.40. The topological polar surface area (TPSA) is 139 Å². The average molecular weight is 484 g/mol. The molecule has 0 bridgehead atoms. The van der Waals surface area contributed by atoms with E-state index in [1.54, 1.807) is 4.90 Å². The van der Waals surface area contributed by atoms with E-state index >= 15 is 0 Å². The van der Waals surface area contributed by atoms with Gasteiger partial charge in [0.2, 0.25) is 23.6 Å². The molecule has 0 saturated carbocycles. The number of amides is 1. The summed E-state index contributed by atoms with van der Waals surface area (Å²) in [5, 5.41) is 22.6. The molecule has 182 valence electrons. The number of carbonyl (C=O) groups excluding carboxylic acids is 1. The average Bonchev–Trinajstić information content (AvgIpc) is 3.68. The number of fused-ring (bicyclic) bond motifs is 3. The Morgan fingerprint density at radius 2 is 1.92 bits per heavy atom. The number of hydrogen-bond acceptors (Lipinski definition) is 9. The van der Waals surface area contributed by atoms with Crippen LogP contribution in [0.25, 0.3) is 0 Å². The lowest BCUT2D eigenvalue weighted by atomic mass is 10.1. The smallest absolute Gasteiger partial charge is 0.232 e. The maximum absolute atomic E-state index is 12.8. The van der Waals surface area contributed by atoms with Crippen molar-refractivity contribution in [1.82, 2.24) is 40.5 Å². The SMILES string of the molecule is O=C(Cc1nnc([C@H]2Cc3cnc(NC4Cc5ccccc5C4)nc3C2)o1)N1CCc2nn[nH]c2C1. The number of aromatic amines is 1. The highest BCUT2D eigenvalue weighted by atomic mass is 16.4. The zero-order valence-electron chi connectivity index (χ0n) is 19.6. The molecule has 1 atom stereocenters. The van der Waals surface area contributed by atoms with Crippen molar-refractivity contribution in [2.75, 3.05) is 11.9 Å². The summed E-state index contributed by atoms with van der Waals surface area (Å²) in [7, 11) is 0. The van der Waals surface area contributed by atoms with Gasteiger partial charge in [-0.25, -0.2) is 9.97 Å². The second-order valence-electron chi connectivity index (χ2n) is 9.80. The Bertz CT molecular complexity index is 1420. The van der Waals surface area contributed by atoms with Gasteiger partial charge in [0.1, 0.15) is 6.42 Å². The van der Waals surface area contributed by atoms with E-state index in [2.05, 4.69) is 60.2 Å². The summed E-state index contributed by atoms with van der Waals surface area (Å²) in [4.78, 5) is 23.9. The third-order valence-corrected chi connectivity index (χ3v) is 7.40. The van der Waals surface area contributed by atoms with Crippen LogP contribution in [0.1, 0.15) is 51.5 Å². The van der Waals surface area contributed by atoms with Crippen molar-refractivity contribution in [1.29, 1.82) is 0 Å². The van der Waals surface area contributed by atoms with E-state index in [9.17, 15) is 4.79 Å². The lowest BCUT2D eigenvalue weighted by Gasteiger charge is -2.25. The highest BCUT2D eigenvalue weighted by Gasteiger charge is 2.31. The number of anilines is 1. The Morgan fingerprint density at radius 1 is 1.06 bits per heavy atom. The van der Waals surface area contributed by atoms with E-state index in [1.165, 1.54) is 11.1 Å². The van der Waals surface area contributed by atoms with Crippen molar-refractivity contribution in [2.45, 2.75) is 57.0 Å². The van der Waals surface area contributed by atoms with Gasteiger partial charge in [-0.3, -0.25) is 9.89 Å². The number of aromatic nitrogens is 7. The van der Waals surface area contributed by atoms with Crippen LogP contribution in [-0.4, -0.2) is 59.0 Å². The molecule has 0 fully saturated rings. The molecule has 3 aliphatic rings. The lowest BCUT2D eigenvalue weighted by Crippen LogP contribution is -2.37. The van der Waals surface area contributed by atoms with E-state index < -0.39 is 0 Å². The second kappa shape index (κ2) is 8.51. The predicted molar refractivity (Wildman–Crippen MR) is 127 cm³/mol. The summed E-state index contributed by atoms with van der Waals surface area (Å²) in [6, 6.07) is 8.87. The Morgan fingerprint density at radius 3 is 2.78 bits per heavy atom. The molecule has 0 spiro atoms. The van der Waals surface area contributed by atoms with Crippen LogP contribution >= 0.6 is 0 Å². The quantitative estimate of drug-likeness (QED) is 0.433. The third kappa shape index (κ3) is 3.90. The predicted octanol–water partition coefficient (Wildman–Crippen LogP) is 1.57. The first kappa shape index (κ1) is 21.2. The first-order valence-corrected chi connectivity index (χ1v) is 12.3. The maximum atomic E-state index is 12.8. The first-order chi connectivity index (χ1) is 17.7. The van der Waals surface area contributed by atoms with Gasteiger partial charge >= 0.3 is 0 Å². The minimum Gasteiger partial charge on any atom is -0.424 e. The molecule has 11 heteroatoms. The molecule has 36 heavy (non-hydrogen) atoms. The zero-order chi connectivity index (χ0) is 24.1. The van der Waals surface area contributed by atoms with Crippen molar-refractivity contribution in [3.05, 3.63) is 76.0 Å². The van der Waals surface area contributed by atoms with Crippen LogP contribution < -0.4 is 5.32 Å². The van der Waals surface area contributed by atoms with Crippen molar-refractivity contribution in [3.63, 3.8) is 0 Å². The van der Waals surface area contributed by atoms with Crippen LogP contribution in [0.2, 0.25) is 0 Å². The van der Waals surface area contributed by atoms with Crippen molar-refractivity contribution < 1.29 is 9.21 Å². The van der Waals surface area contributed by atoms with Crippen LogP contribution in [0.5, 0.6) is 0 Å². The number of benzene rings is 1. The van der Waals surface area contributed by atoms with E-state index in [4.69, 9.17) is 9.40 Å². The normalized spacial score (nSPS) is 18.7. The molecule has 0 saturated heterocycles. The van der Waals surface area contributed by atoms with Crippen LogP contribution in [0.3, 0.4) is 0 Å². The van der Waals surface area contributed by atoms with Crippen molar-refractivity contribution >= 4 is 11.9 Å². The van der Waals surface area contributed by atoms with E-state index in [0.717, 1.165) is 41.9 Å². The van der Waals surface area contributed by atoms with Gasteiger partial charge in [-0.2, -0.15) is 0 Å². The summed E-state index contributed by atoms with van der Waals surface area (Å²) >= 11 is 0. The summed E-state index contributed by atoms with van der Waals surface area (Å²) < 4.78 is 5.92. The fraction of sp³-hybridized carbons (Fsp3) is 0.400. The van der Waals surface area contributed by atoms with Gasteiger partial charge in [-0.15, -0.1) is 15.3 Å². The molecule has 1 aliphatic heterocycles. The number of H-pyrrole nitrogens is 1. The highest BCUT2D eigenvalue weighted by Crippen LogP contribution is 2.33. The standard InChI is InChI=1S/C25H25N9O2/c35-23(34-6-5-19-21(13-34)30-33-29-19)11-22-31-32-24(36-22)16-7-17-12-26-25(28-20(17)10-16)27-18-8-14-3-1-2-4-15(14)9-18/h1-4,12,16,18H,5-11,13H2,(H,26,27,28)(H,29,30,33)/t16-/m0/s1. The van der Waals surface area contributed by atoms with Gasteiger partial charge in [-0.05, 0) is 36.0 Å². The van der Waals surface area contributed by atoms with Gasteiger partial charge in [0.25, 0.3) is 0 Å². The van der Waals surface area contributed by atoms with Crippen LogP contribution in [0, 0.1) is 0 Å².